The summed E-state index contributed by atoms with van der Waals surface area (Å²) in [5.74, 6) is -1.67. The monoisotopic (exact) mass is 762 g/mol. The number of fused-ring (bicyclic) bond motifs is 2. The number of nitrogens with zero attached hydrogens (tertiary/aromatic N) is 4. The van der Waals surface area contributed by atoms with E-state index in [4.69, 9.17) is 18.3 Å². The first-order valence-electron chi connectivity index (χ1n) is 17.9. The van der Waals surface area contributed by atoms with Crippen molar-refractivity contribution in [3.8, 4) is 45.5 Å². The number of oxazole rings is 2. The Morgan fingerprint density at radius 2 is 1.33 bits per heavy atom. The number of carboxylic acid groups (broad SMARTS) is 1. The molecule has 0 aliphatic carbocycles. The van der Waals surface area contributed by atoms with E-state index in [0.717, 1.165) is 25.9 Å². The molecule has 0 spiro atoms. The van der Waals surface area contributed by atoms with Crippen molar-refractivity contribution >= 4 is 28.2 Å². The highest BCUT2D eigenvalue weighted by molar-refractivity contribution is 5.84. The fourth-order valence-corrected chi connectivity index (χ4v) is 7.65. The highest BCUT2D eigenvalue weighted by Gasteiger charge is 2.32. The number of benzene rings is 4. The quantitative estimate of drug-likeness (QED) is 0.121. The average molecular weight is 763 g/mol. The van der Waals surface area contributed by atoms with Crippen molar-refractivity contribution < 1.29 is 50.2 Å². The molecule has 55 heavy (non-hydrogen) atoms. The van der Waals surface area contributed by atoms with Crippen molar-refractivity contribution in [2.24, 2.45) is 0 Å². The van der Waals surface area contributed by atoms with E-state index in [1.54, 1.807) is 54.3 Å². The molecule has 2 fully saturated rings. The molecule has 2 aliphatic heterocycles. The third-order valence-electron chi connectivity index (χ3n) is 10.3. The van der Waals surface area contributed by atoms with Gasteiger partial charge in [-0.3, -0.25) is 14.6 Å². The van der Waals surface area contributed by atoms with Crippen LogP contribution in [0.5, 0.6) is 11.5 Å². The molecule has 0 radical (unpaired) electrons. The van der Waals surface area contributed by atoms with Crippen LogP contribution in [0.1, 0.15) is 42.4 Å². The number of likely N-dealkylation sites (tertiary alicyclic amines) is 2. The predicted molar refractivity (Wildman–Crippen MR) is 191 cm³/mol. The van der Waals surface area contributed by atoms with Crippen LogP contribution in [-0.4, -0.2) is 69.7 Å². The SMILES string of the molecule is Cc1c(-c2nc3cc(CN4CCC[C@H]4C(=O)O)c(OC(F)F)cc3o2)cccc1-c1cccc(-c2nc3cc(CN4CCCC4)c(OC(F)F)cc3o2)c1F. The van der Waals surface area contributed by atoms with Gasteiger partial charge in [0.2, 0.25) is 11.8 Å². The molecule has 10 nitrogen and oxygen atoms in total. The Bertz CT molecular complexity index is 2390. The van der Waals surface area contributed by atoms with Gasteiger partial charge in [0, 0.05) is 47.5 Å². The van der Waals surface area contributed by atoms with E-state index in [1.807, 2.05) is 0 Å². The predicted octanol–water partition coefficient (Wildman–Crippen LogP) is 9.27. The third-order valence-corrected chi connectivity index (χ3v) is 10.3. The van der Waals surface area contributed by atoms with Crippen molar-refractivity contribution in [2.75, 3.05) is 19.6 Å². The molecule has 15 heteroatoms. The van der Waals surface area contributed by atoms with Crippen molar-refractivity contribution in [1.82, 2.24) is 19.8 Å². The minimum absolute atomic E-state index is 0.0228. The number of hydrogen-bond acceptors (Lipinski definition) is 9. The van der Waals surface area contributed by atoms with Crippen LogP contribution in [0.2, 0.25) is 0 Å². The Morgan fingerprint density at radius 3 is 1.93 bits per heavy atom. The maximum atomic E-state index is 16.5. The summed E-state index contributed by atoms with van der Waals surface area (Å²) in [7, 11) is 0. The number of hydrogen-bond donors (Lipinski definition) is 1. The standard InChI is InChI=1S/C40H35F5N4O6/c1-21-24(7-4-8-25(21)36-46-29-16-23(20-49-14-6-11-30(49)38(50)51)32(55-40(44)45)18-33(29)52-36)26-9-5-10-27(35(26)41)37-47-28-15-22(19-48-12-2-3-13-48)31(54-39(42)43)17-34(28)53-37/h4-5,7-10,15-18,30,39-40H,2-3,6,11-14,19-20H2,1H3,(H,50,51)/t30-/m0/s1. The molecule has 2 saturated heterocycles. The van der Waals surface area contributed by atoms with E-state index in [1.165, 1.54) is 18.2 Å². The summed E-state index contributed by atoms with van der Waals surface area (Å²) in [6.07, 6.45) is 3.15. The molecular formula is C40H35F5N4O6. The van der Waals surface area contributed by atoms with Gasteiger partial charge in [0.05, 0.1) is 5.56 Å². The number of ether oxygens (including phenoxy) is 2. The van der Waals surface area contributed by atoms with E-state index in [-0.39, 0.29) is 52.1 Å². The topological polar surface area (TPSA) is 114 Å². The Hall–Kier alpha value is -5.54. The molecule has 8 rings (SSSR count). The van der Waals surface area contributed by atoms with Gasteiger partial charge in [-0.05, 0) is 87.6 Å². The second-order valence-electron chi connectivity index (χ2n) is 13.7. The highest BCUT2D eigenvalue weighted by Crippen LogP contribution is 2.39. The summed E-state index contributed by atoms with van der Waals surface area (Å²) in [6.45, 7) is -1.76. The maximum Gasteiger partial charge on any atom is 0.387 e. The maximum absolute atomic E-state index is 16.5. The van der Waals surface area contributed by atoms with Gasteiger partial charge in [-0.25, -0.2) is 14.4 Å². The molecule has 0 amide bonds. The molecule has 2 aliphatic rings. The molecule has 0 saturated carbocycles. The van der Waals surface area contributed by atoms with E-state index < -0.39 is 31.1 Å². The van der Waals surface area contributed by atoms with Gasteiger partial charge in [-0.1, -0.05) is 24.3 Å². The van der Waals surface area contributed by atoms with E-state index >= 15 is 4.39 Å². The van der Waals surface area contributed by atoms with Gasteiger partial charge in [0.25, 0.3) is 0 Å². The summed E-state index contributed by atoms with van der Waals surface area (Å²) in [6, 6.07) is 15.1. The van der Waals surface area contributed by atoms with Crippen molar-refractivity contribution in [1.29, 1.82) is 0 Å². The van der Waals surface area contributed by atoms with Crippen LogP contribution >= 0.6 is 0 Å². The third kappa shape index (κ3) is 7.33. The van der Waals surface area contributed by atoms with Crippen LogP contribution in [0.25, 0.3) is 56.2 Å². The second kappa shape index (κ2) is 14.9. The number of rotatable bonds is 12. The van der Waals surface area contributed by atoms with Crippen molar-refractivity contribution in [3.05, 3.63) is 83.2 Å². The molecule has 6 aromatic rings. The van der Waals surface area contributed by atoms with E-state index in [0.29, 0.717) is 64.8 Å². The molecule has 0 unspecified atom stereocenters. The minimum atomic E-state index is -3.12. The smallest absolute Gasteiger partial charge is 0.387 e. The normalized spacial score (nSPS) is 16.7. The molecule has 286 valence electrons. The Labute approximate surface area is 311 Å². The van der Waals surface area contributed by atoms with Crippen LogP contribution in [0, 0.1) is 12.7 Å². The Balaban J connectivity index is 1.13. The van der Waals surface area contributed by atoms with Crippen LogP contribution in [0.3, 0.4) is 0 Å². The van der Waals surface area contributed by atoms with Gasteiger partial charge in [0.15, 0.2) is 11.2 Å². The number of aliphatic carboxylic acids is 1. The van der Waals surface area contributed by atoms with Gasteiger partial charge in [-0.15, -0.1) is 0 Å². The fourth-order valence-electron chi connectivity index (χ4n) is 7.65. The highest BCUT2D eigenvalue weighted by atomic mass is 19.3. The average Bonchev–Trinajstić information content (AvgIpc) is 3.96. The molecule has 4 heterocycles. The van der Waals surface area contributed by atoms with Gasteiger partial charge in [0.1, 0.15) is 34.4 Å². The summed E-state index contributed by atoms with van der Waals surface area (Å²) >= 11 is 0. The van der Waals surface area contributed by atoms with Crippen LogP contribution in [0.4, 0.5) is 22.0 Å². The van der Waals surface area contributed by atoms with E-state index in [2.05, 4.69) is 14.9 Å². The lowest BCUT2D eigenvalue weighted by atomic mass is 9.94. The zero-order chi connectivity index (χ0) is 38.4. The first-order chi connectivity index (χ1) is 26.5. The van der Waals surface area contributed by atoms with Crippen molar-refractivity contribution in [2.45, 2.75) is 65.0 Å². The summed E-state index contributed by atoms with van der Waals surface area (Å²) in [5.41, 5.74) is 3.83. The second-order valence-corrected chi connectivity index (χ2v) is 13.7. The lowest BCUT2D eigenvalue weighted by Crippen LogP contribution is -2.35. The lowest BCUT2D eigenvalue weighted by molar-refractivity contribution is -0.142. The zero-order valence-electron chi connectivity index (χ0n) is 29.5. The number of carbonyl (C=O) groups is 1. The Kier molecular flexibility index (Phi) is 9.90. The van der Waals surface area contributed by atoms with Gasteiger partial charge in [-0.2, -0.15) is 17.6 Å². The summed E-state index contributed by atoms with van der Waals surface area (Å²) in [4.78, 5) is 24.8. The summed E-state index contributed by atoms with van der Waals surface area (Å²) in [5, 5.41) is 9.63. The molecule has 1 N–H and O–H groups in total. The molecule has 2 aromatic heterocycles. The lowest BCUT2D eigenvalue weighted by Gasteiger charge is -2.22. The summed E-state index contributed by atoms with van der Waals surface area (Å²) < 4.78 is 91.8. The molecule has 1 atom stereocenters. The minimum Gasteiger partial charge on any atom is -0.480 e. The Morgan fingerprint density at radius 1 is 0.782 bits per heavy atom. The van der Waals surface area contributed by atoms with Crippen LogP contribution in [0.15, 0.2) is 69.5 Å². The van der Waals surface area contributed by atoms with E-state index in [9.17, 15) is 27.5 Å². The first kappa shape index (κ1) is 36.4. The van der Waals surface area contributed by atoms with Crippen molar-refractivity contribution in [3.63, 3.8) is 0 Å². The van der Waals surface area contributed by atoms with Crippen LogP contribution < -0.4 is 9.47 Å². The number of aromatic nitrogens is 2. The largest absolute Gasteiger partial charge is 0.480 e. The number of alkyl halides is 4. The van der Waals surface area contributed by atoms with Gasteiger partial charge < -0.3 is 23.4 Å². The molecule has 4 aromatic carbocycles. The van der Waals surface area contributed by atoms with Gasteiger partial charge >= 0.3 is 19.2 Å². The molecule has 0 bridgehead atoms. The number of carboxylic acids is 1. The van der Waals surface area contributed by atoms with Crippen LogP contribution in [-0.2, 0) is 17.9 Å². The molecular weight excluding hydrogens is 727 g/mol. The first-order valence-corrected chi connectivity index (χ1v) is 17.9. The fraction of sp³-hybridized carbons (Fsp3) is 0.325. The number of halogens is 5. The zero-order valence-corrected chi connectivity index (χ0v) is 29.5.